The van der Waals surface area contributed by atoms with Crippen LogP contribution in [-0.4, -0.2) is 37.2 Å². The Labute approximate surface area is 420 Å². The van der Waals surface area contributed by atoms with E-state index >= 15 is 0 Å². The highest BCUT2D eigenvalue weighted by Gasteiger charge is 2.19. The van der Waals surface area contributed by atoms with Gasteiger partial charge in [0.25, 0.3) is 0 Å². The minimum atomic E-state index is -0.806. The van der Waals surface area contributed by atoms with Gasteiger partial charge in [-0.05, 0) is 83.5 Å². The van der Waals surface area contributed by atoms with Gasteiger partial charge in [-0.15, -0.1) is 0 Å². The molecule has 0 bridgehead atoms. The molecule has 0 aliphatic heterocycles. The summed E-state index contributed by atoms with van der Waals surface area (Å²) in [6.45, 7) is 6.47. The van der Waals surface area contributed by atoms with E-state index in [1.54, 1.807) is 0 Å². The number of allylic oxidation sites excluding steroid dienone is 14. The number of carbonyl (C=O) groups is 3. The van der Waals surface area contributed by atoms with Crippen molar-refractivity contribution < 1.29 is 28.6 Å². The van der Waals surface area contributed by atoms with E-state index < -0.39 is 6.10 Å². The van der Waals surface area contributed by atoms with Crippen molar-refractivity contribution in [1.29, 1.82) is 0 Å². The van der Waals surface area contributed by atoms with E-state index in [1.807, 2.05) is 6.08 Å². The maximum Gasteiger partial charge on any atom is 0.306 e. The van der Waals surface area contributed by atoms with Crippen molar-refractivity contribution in [3.05, 3.63) is 85.1 Å². The number of unbranched alkanes of at least 4 members (excludes halogenated alkanes) is 26. The first-order valence-corrected chi connectivity index (χ1v) is 28.6. The summed E-state index contributed by atoms with van der Waals surface area (Å²) in [7, 11) is 0. The van der Waals surface area contributed by atoms with Gasteiger partial charge in [-0.3, -0.25) is 14.4 Å². The Morgan fingerprint density at radius 3 is 0.985 bits per heavy atom. The lowest BCUT2D eigenvalue weighted by molar-refractivity contribution is -0.166. The van der Waals surface area contributed by atoms with Gasteiger partial charge in [0.05, 0.1) is 0 Å². The van der Waals surface area contributed by atoms with Crippen LogP contribution in [0, 0.1) is 0 Å². The van der Waals surface area contributed by atoms with Crippen LogP contribution < -0.4 is 0 Å². The molecule has 0 aromatic carbocycles. The van der Waals surface area contributed by atoms with Crippen LogP contribution in [0.25, 0.3) is 0 Å². The summed E-state index contributed by atoms with van der Waals surface area (Å²) in [5.74, 6) is -0.982. The topological polar surface area (TPSA) is 78.9 Å². The van der Waals surface area contributed by atoms with E-state index in [9.17, 15) is 14.4 Å². The van der Waals surface area contributed by atoms with Crippen molar-refractivity contribution in [3.63, 3.8) is 0 Å². The van der Waals surface area contributed by atoms with Gasteiger partial charge < -0.3 is 14.2 Å². The van der Waals surface area contributed by atoms with Crippen LogP contribution in [-0.2, 0) is 28.6 Å². The fraction of sp³-hybridized carbons (Fsp3) is 0.726. The van der Waals surface area contributed by atoms with Crippen molar-refractivity contribution in [2.75, 3.05) is 13.2 Å². The van der Waals surface area contributed by atoms with Gasteiger partial charge in [0.1, 0.15) is 13.2 Å². The van der Waals surface area contributed by atoms with Gasteiger partial charge in [0.2, 0.25) is 0 Å². The highest BCUT2D eigenvalue weighted by Crippen LogP contribution is 2.15. The molecule has 0 amide bonds. The van der Waals surface area contributed by atoms with E-state index in [0.29, 0.717) is 19.3 Å². The number of rotatable bonds is 51. The predicted octanol–water partition coefficient (Wildman–Crippen LogP) is 19.2. The molecule has 1 atom stereocenters. The molecule has 0 aliphatic carbocycles. The van der Waals surface area contributed by atoms with E-state index in [4.69, 9.17) is 14.2 Å². The molecule has 6 heteroatoms. The van der Waals surface area contributed by atoms with Gasteiger partial charge in [-0.2, -0.15) is 0 Å². The molecule has 0 spiro atoms. The first-order chi connectivity index (χ1) is 33.5. The number of esters is 3. The minimum Gasteiger partial charge on any atom is -0.462 e. The maximum absolute atomic E-state index is 12.8. The van der Waals surface area contributed by atoms with Crippen molar-refractivity contribution in [2.45, 2.75) is 277 Å². The van der Waals surface area contributed by atoms with Crippen LogP contribution in [0.1, 0.15) is 271 Å². The zero-order valence-electron chi connectivity index (χ0n) is 44.6. The van der Waals surface area contributed by atoms with Gasteiger partial charge >= 0.3 is 17.9 Å². The molecule has 0 aromatic rings. The quantitative estimate of drug-likeness (QED) is 0.0262. The Bertz CT molecular complexity index is 1320. The first-order valence-electron chi connectivity index (χ1n) is 28.6. The Kier molecular flexibility index (Phi) is 53.4. The van der Waals surface area contributed by atoms with Crippen LogP contribution in [0.15, 0.2) is 85.1 Å². The summed E-state index contributed by atoms with van der Waals surface area (Å²) in [6, 6.07) is 0. The molecule has 0 N–H and O–H groups in total. The fourth-order valence-corrected chi connectivity index (χ4v) is 7.88. The molecule has 0 heterocycles. The Hall–Kier alpha value is -3.41. The molecule has 0 saturated carbocycles. The van der Waals surface area contributed by atoms with Crippen LogP contribution in [0.5, 0.6) is 0 Å². The second kappa shape index (κ2) is 56.2. The van der Waals surface area contributed by atoms with Crippen LogP contribution in [0.2, 0.25) is 0 Å². The van der Waals surface area contributed by atoms with Gasteiger partial charge in [0, 0.05) is 19.3 Å². The highest BCUT2D eigenvalue weighted by molar-refractivity contribution is 5.71. The normalized spacial score (nSPS) is 12.7. The fourth-order valence-electron chi connectivity index (χ4n) is 7.88. The Balaban J connectivity index is 4.43. The molecule has 0 saturated heterocycles. The lowest BCUT2D eigenvalue weighted by Crippen LogP contribution is -2.30. The third kappa shape index (κ3) is 53.5. The summed E-state index contributed by atoms with van der Waals surface area (Å²) >= 11 is 0. The molecular formula is C62H106O6. The third-order valence-corrected chi connectivity index (χ3v) is 12.1. The van der Waals surface area contributed by atoms with E-state index in [2.05, 4.69) is 99.8 Å². The van der Waals surface area contributed by atoms with E-state index in [1.165, 1.54) is 148 Å². The van der Waals surface area contributed by atoms with Gasteiger partial charge in [-0.25, -0.2) is 0 Å². The molecule has 6 nitrogen and oxygen atoms in total. The molecule has 0 fully saturated rings. The monoisotopic (exact) mass is 947 g/mol. The highest BCUT2D eigenvalue weighted by atomic mass is 16.6. The molecule has 0 radical (unpaired) electrons. The molecular weight excluding hydrogens is 841 g/mol. The Morgan fingerprint density at radius 1 is 0.309 bits per heavy atom. The van der Waals surface area contributed by atoms with E-state index in [0.717, 1.165) is 77.0 Å². The molecule has 0 aromatic heterocycles. The number of carbonyl (C=O) groups excluding carboxylic acids is 3. The smallest absolute Gasteiger partial charge is 0.306 e. The average Bonchev–Trinajstić information content (AvgIpc) is 3.34. The zero-order chi connectivity index (χ0) is 49.3. The number of hydrogen-bond donors (Lipinski definition) is 0. The van der Waals surface area contributed by atoms with Crippen LogP contribution in [0.3, 0.4) is 0 Å². The Morgan fingerprint density at radius 2 is 0.603 bits per heavy atom. The summed E-state index contributed by atoms with van der Waals surface area (Å²) < 4.78 is 16.8. The summed E-state index contributed by atoms with van der Waals surface area (Å²) in [6.07, 6.45) is 73.0. The molecule has 0 rings (SSSR count). The second-order valence-corrected chi connectivity index (χ2v) is 18.8. The van der Waals surface area contributed by atoms with Crippen LogP contribution in [0.4, 0.5) is 0 Å². The molecule has 0 unspecified atom stereocenters. The number of ether oxygens (including phenoxy) is 3. The standard InChI is InChI=1S/C62H106O6/c1-4-7-10-13-16-19-22-25-27-29-31-33-35-37-40-42-45-48-51-54-60(63)66-57-59(68-62(65)56-53-50-47-44-39-24-21-18-15-12-9-6-3)58-67-61(64)55-52-49-46-43-41-38-36-34-32-30-28-26-23-20-17-14-11-8-5-2/h7,10,16,19,25-28,31,33,37,40,45,48,59H,4-6,8-9,11-15,17-18,20-24,29-30,32,34-36,38-39,41-44,46-47,49-58H2,1-3H3/b10-7-,19-16-,27-25-,28-26-,33-31-,40-37-,48-45-/t59-/m1/s1. The summed E-state index contributed by atoms with van der Waals surface area (Å²) in [4.78, 5) is 38.1. The molecule has 0 aliphatic rings. The van der Waals surface area contributed by atoms with Crippen molar-refractivity contribution in [2.24, 2.45) is 0 Å². The molecule has 390 valence electrons. The zero-order valence-corrected chi connectivity index (χ0v) is 44.6. The van der Waals surface area contributed by atoms with Crippen molar-refractivity contribution in [3.8, 4) is 0 Å². The minimum absolute atomic E-state index is 0.0988. The van der Waals surface area contributed by atoms with Crippen molar-refractivity contribution in [1.82, 2.24) is 0 Å². The second-order valence-electron chi connectivity index (χ2n) is 18.8. The lowest BCUT2D eigenvalue weighted by atomic mass is 10.0. The first kappa shape index (κ1) is 64.6. The SMILES string of the molecule is CC/C=C\C/C=C\C/C=C\C/C=C\C/C=C\C/C=C\CCC(=O)OC[C@H](COC(=O)CCCCCCCCCCC/C=C\CCCCCCCC)OC(=O)CCCCCCCCCCCCCC. The number of hydrogen-bond acceptors (Lipinski definition) is 6. The summed E-state index contributed by atoms with van der Waals surface area (Å²) in [5.41, 5.74) is 0. The maximum atomic E-state index is 12.8. The van der Waals surface area contributed by atoms with E-state index in [-0.39, 0.29) is 37.5 Å². The van der Waals surface area contributed by atoms with Gasteiger partial charge in [-0.1, -0.05) is 254 Å². The summed E-state index contributed by atoms with van der Waals surface area (Å²) in [5, 5.41) is 0. The molecule has 68 heavy (non-hydrogen) atoms. The average molecular weight is 948 g/mol. The largest absolute Gasteiger partial charge is 0.462 e. The van der Waals surface area contributed by atoms with Crippen molar-refractivity contribution >= 4 is 17.9 Å². The predicted molar refractivity (Wildman–Crippen MR) is 293 cm³/mol. The third-order valence-electron chi connectivity index (χ3n) is 12.1. The lowest BCUT2D eigenvalue weighted by Gasteiger charge is -2.18. The van der Waals surface area contributed by atoms with Crippen LogP contribution >= 0.6 is 0 Å². The van der Waals surface area contributed by atoms with Gasteiger partial charge in [0.15, 0.2) is 6.10 Å².